The summed E-state index contributed by atoms with van der Waals surface area (Å²) >= 11 is 0. The van der Waals surface area contributed by atoms with Crippen LogP contribution in [0, 0.1) is 0 Å². The van der Waals surface area contributed by atoms with Crippen LogP contribution >= 0.6 is 0 Å². The smallest absolute Gasteiger partial charge is 0.240 e. The lowest BCUT2D eigenvalue weighted by atomic mass is 10.2. The van der Waals surface area contributed by atoms with Gasteiger partial charge in [0.25, 0.3) is 0 Å². The molecule has 0 saturated heterocycles. The Balaban J connectivity index is 2.86. The molecule has 0 saturated carbocycles. The van der Waals surface area contributed by atoms with Crippen molar-refractivity contribution < 1.29 is 14.6 Å². The zero-order valence-corrected chi connectivity index (χ0v) is 7.10. The lowest BCUT2D eigenvalue weighted by molar-refractivity contribution is -0.0769. The van der Waals surface area contributed by atoms with Crippen molar-refractivity contribution in [3.8, 4) is 0 Å². The number of ether oxygens (including phenoxy) is 1. The van der Waals surface area contributed by atoms with Crippen molar-refractivity contribution in [3.63, 3.8) is 0 Å². The van der Waals surface area contributed by atoms with Crippen LogP contribution in [0.2, 0.25) is 0 Å². The monoisotopic (exact) mass is 179 g/mol. The first-order valence-corrected chi connectivity index (χ1v) is 3.66. The van der Waals surface area contributed by atoms with E-state index in [4.69, 9.17) is 0 Å². The Morgan fingerprint density at radius 3 is 2.54 bits per heavy atom. The number of isocyanates is 1. The summed E-state index contributed by atoms with van der Waals surface area (Å²) in [6, 6.07) is 6.46. The molecule has 0 radical (unpaired) electrons. The van der Waals surface area contributed by atoms with Crippen molar-refractivity contribution >= 4 is 11.8 Å². The molecule has 1 unspecified atom stereocenters. The van der Waals surface area contributed by atoms with Crippen molar-refractivity contribution in [3.05, 3.63) is 29.8 Å². The van der Waals surface area contributed by atoms with E-state index in [9.17, 15) is 9.90 Å². The second-order valence-electron chi connectivity index (χ2n) is 2.38. The minimum absolute atomic E-state index is 0.502. The average molecular weight is 179 g/mol. The van der Waals surface area contributed by atoms with Gasteiger partial charge in [0.1, 0.15) is 0 Å². The van der Waals surface area contributed by atoms with E-state index in [-0.39, 0.29) is 0 Å². The van der Waals surface area contributed by atoms with Gasteiger partial charge < -0.3 is 9.84 Å². The molecule has 0 amide bonds. The van der Waals surface area contributed by atoms with Crippen LogP contribution < -0.4 is 0 Å². The molecule has 0 aliphatic heterocycles. The first-order valence-electron chi connectivity index (χ1n) is 3.66. The van der Waals surface area contributed by atoms with E-state index in [1.54, 1.807) is 24.3 Å². The van der Waals surface area contributed by atoms with E-state index >= 15 is 0 Å². The summed E-state index contributed by atoms with van der Waals surface area (Å²) in [5.74, 6) is 0. The number of carbonyl (C=O) groups excluding carboxylic acids is 1. The van der Waals surface area contributed by atoms with Gasteiger partial charge in [0.05, 0.1) is 5.69 Å². The molecule has 1 aromatic carbocycles. The number of aliphatic hydroxyl groups is 1. The molecule has 0 heterocycles. The van der Waals surface area contributed by atoms with Crippen LogP contribution in [0.3, 0.4) is 0 Å². The fourth-order valence-electron chi connectivity index (χ4n) is 0.902. The lowest BCUT2D eigenvalue weighted by Crippen LogP contribution is -1.98. The average Bonchev–Trinajstić information content (AvgIpc) is 2.18. The molecule has 0 aliphatic carbocycles. The number of nitrogens with zero attached hydrogens (tertiary/aromatic N) is 1. The van der Waals surface area contributed by atoms with Crippen molar-refractivity contribution in [2.24, 2.45) is 4.99 Å². The summed E-state index contributed by atoms with van der Waals surface area (Å²) in [5.41, 5.74) is 1.12. The largest absolute Gasteiger partial charge is 0.364 e. The summed E-state index contributed by atoms with van der Waals surface area (Å²) in [5, 5.41) is 9.22. The molecule has 1 N–H and O–H groups in total. The number of hydrogen-bond donors (Lipinski definition) is 1. The second-order valence-corrected chi connectivity index (χ2v) is 2.38. The summed E-state index contributed by atoms with van der Waals surface area (Å²) in [6.45, 7) is 0. The molecule has 0 aromatic heterocycles. The summed E-state index contributed by atoms with van der Waals surface area (Å²) in [6.07, 6.45) is 0.492. The van der Waals surface area contributed by atoms with E-state index in [1.807, 2.05) is 0 Å². The molecule has 13 heavy (non-hydrogen) atoms. The van der Waals surface area contributed by atoms with Gasteiger partial charge in [0.2, 0.25) is 6.08 Å². The zero-order valence-electron chi connectivity index (χ0n) is 7.10. The van der Waals surface area contributed by atoms with Crippen LogP contribution in [0.4, 0.5) is 5.69 Å². The summed E-state index contributed by atoms with van der Waals surface area (Å²) in [7, 11) is 1.40. The highest BCUT2D eigenvalue weighted by Gasteiger charge is 2.03. The van der Waals surface area contributed by atoms with Gasteiger partial charge in [-0.25, -0.2) is 4.79 Å². The minimum Gasteiger partial charge on any atom is -0.364 e. The molecule has 0 bridgehead atoms. The van der Waals surface area contributed by atoms with Crippen LogP contribution in [0.5, 0.6) is 0 Å². The van der Waals surface area contributed by atoms with Crippen molar-refractivity contribution in [2.75, 3.05) is 7.11 Å². The molecule has 4 nitrogen and oxygen atoms in total. The molecule has 1 aromatic rings. The predicted molar refractivity (Wildman–Crippen MR) is 46.2 cm³/mol. The fraction of sp³-hybridized carbons (Fsp3) is 0.222. The fourth-order valence-corrected chi connectivity index (χ4v) is 0.902. The Morgan fingerprint density at radius 2 is 2.08 bits per heavy atom. The number of benzene rings is 1. The maximum absolute atomic E-state index is 9.88. The molecular weight excluding hydrogens is 170 g/mol. The molecule has 1 rings (SSSR count). The molecule has 0 fully saturated rings. The Bertz CT molecular complexity index is 314. The zero-order chi connectivity index (χ0) is 9.68. The third-order valence-electron chi connectivity index (χ3n) is 1.58. The van der Waals surface area contributed by atoms with Crippen LogP contribution in [0.25, 0.3) is 0 Å². The minimum atomic E-state index is -0.936. The van der Waals surface area contributed by atoms with Gasteiger partial charge >= 0.3 is 0 Å². The van der Waals surface area contributed by atoms with E-state index in [0.29, 0.717) is 11.3 Å². The first kappa shape index (κ1) is 9.61. The highest BCUT2D eigenvalue weighted by Crippen LogP contribution is 2.17. The normalized spacial score (nSPS) is 11.8. The molecule has 1 atom stereocenters. The quantitative estimate of drug-likeness (QED) is 0.432. The highest BCUT2D eigenvalue weighted by atomic mass is 16.6. The van der Waals surface area contributed by atoms with E-state index in [1.165, 1.54) is 13.2 Å². The Morgan fingerprint density at radius 1 is 1.46 bits per heavy atom. The topological polar surface area (TPSA) is 58.9 Å². The van der Waals surface area contributed by atoms with Gasteiger partial charge in [0.15, 0.2) is 6.29 Å². The predicted octanol–water partition coefficient (Wildman–Crippen LogP) is 1.29. The van der Waals surface area contributed by atoms with Crippen molar-refractivity contribution in [2.45, 2.75) is 6.29 Å². The third-order valence-corrected chi connectivity index (χ3v) is 1.58. The summed E-state index contributed by atoms with van der Waals surface area (Å²) < 4.78 is 4.68. The number of hydrogen-bond acceptors (Lipinski definition) is 4. The standard InChI is InChI=1S/C9H9NO3/c1-13-9(12)7-2-4-8(5-3-7)10-6-11/h2-5,9,12H,1H3. The molecular formula is C9H9NO3. The van der Waals surface area contributed by atoms with Gasteiger partial charge in [-0.1, -0.05) is 12.1 Å². The van der Waals surface area contributed by atoms with E-state index in [2.05, 4.69) is 9.73 Å². The molecule has 68 valence electrons. The molecule has 0 aliphatic rings. The van der Waals surface area contributed by atoms with Crippen LogP contribution in [-0.2, 0) is 9.53 Å². The number of rotatable bonds is 3. The Kier molecular flexibility index (Phi) is 3.34. The van der Waals surface area contributed by atoms with E-state index < -0.39 is 6.29 Å². The van der Waals surface area contributed by atoms with Crippen molar-refractivity contribution in [1.29, 1.82) is 0 Å². The van der Waals surface area contributed by atoms with Crippen LogP contribution in [-0.4, -0.2) is 18.3 Å². The number of methoxy groups -OCH3 is 1. The third kappa shape index (κ3) is 2.49. The van der Waals surface area contributed by atoms with Crippen molar-refractivity contribution in [1.82, 2.24) is 0 Å². The second kappa shape index (κ2) is 4.52. The maximum atomic E-state index is 9.88. The van der Waals surface area contributed by atoms with Gasteiger partial charge in [-0.2, -0.15) is 4.99 Å². The van der Waals surface area contributed by atoms with E-state index in [0.717, 1.165) is 0 Å². The van der Waals surface area contributed by atoms with Gasteiger partial charge in [0, 0.05) is 12.7 Å². The maximum Gasteiger partial charge on any atom is 0.240 e. The van der Waals surface area contributed by atoms with Gasteiger partial charge in [-0.15, -0.1) is 0 Å². The number of aliphatic hydroxyl groups excluding tert-OH is 1. The first-order chi connectivity index (χ1) is 6.27. The van der Waals surface area contributed by atoms with Crippen LogP contribution in [0.1, 0.15) is 11.9 Å². The summed E-state index contributed by atoms with van der Waals surface area (Å²) in [4.78, 5) is 13.3. The Hall–Kier alpha value is -1.48. The van der Waals surface area contributed by atoms with Crippen LogP contribution in [0.15, 0.2) is 29.3 Å². The Labute approximate surface area is 75.5 Å². The van der Waals surface area contributed by atoms with Gasteiger partial charge in [-0.05, 0) is 12.1 Å². The molecule has 0 spiro atoms. The SMILES string of the molecule is COC(O)c1ccc(N=C=O)cc1. The molecule has 4 heteroatoms. The number of aliphatic imine (C=N–C) groups is 1. The van der Waals surface area contributed by atoms with Gasteiger partial charge in [-0.3, -0.25) is 0 Å². The highest BCUT2D eigenvalue weighted by molar-refractivity contribution is 5.49. The lowest BCUT2D eigenvalue weighted by Gasteiger charge is -2.07.